The summed E-state index contributed by atoms with van der Waals surface area (Å²) in [5.74, 6) is 0.473. The summed E-state index contributed by atoms with van der Waals surface area (Å²) in [5, 5.41) is 1.38. The summed E-state index contributed by atoms with van der Waals surface area (Å²) >= 11 is 2.95. The molecule has 3 heterocycles. The molecule has 3 rings (SSSR count). The van der Waals surface area contributed by atoms with Crippen LogP contribution in [0.15, 0.2) is 9.95 Å². The molecule has 5 nitrogen and oxygen atoms in total. The molecule has 2 atom stereocenters. The van der Waals surface area contributed by atoms with Gasteiger partial charge in [0.05, 0.1) is 11.1 Å². The van der Waals surface area contributed by atoms with Crippen LogP contribution in [0.1, 0.15) is 50.5 Å². The second-order valence-electron chi connectivity index (χ2n) is 7.13. The van der Waals surface area contributed by atoms with Gasteiger partial charge >= 0.3 is 0 Å². The standard InChI is InChI=1S/C19H27N3O2S2/c1-6-21-18(24)16-13(4)14(5)26-17(16)20-19(21)25-10-15(23)22-11(2)8-7-9-12(22)3/h11-12H,6-10H2,1-5H3/t11-,12-/m1/s1. The van der Waals surface area contributed by atoms with E-state index in [1.165, 1.54) is 18.2 Å². The first-order chi connectivity index (χ1) is 12.3. The fraction of sp³-hybridized carbons (Fsp3) is 0.632. The SMILES string of the molecule is CCn1c(SCC(=O)N2[C@H](C)CCC[C@H]2C)nc2sc(C)c(C)c2c1=O. The highest BCUT2D eigenvalue weighted by Gasteiger charge is 2.29. The molecule has 1 aliphatic rings. The number of piperidine rings is 1. The quantitative estimate of drug-likeness (QED) is 0.582. The lowest BCUT2D eigenvalue weighted by Gasteiger charge is -2.39. The van der Waals surface area contributed by atoms with Gasteiger partial charge in [-0.25, -0.2) is 4.98 Å². The zero-order chi connectivity index (χ0) is 19.0. The number of aryl methyl sites for hydroxylation is 2. The number of amides is 1. The number of thiophene rings is 1. The van der Waals surface area contributed by atoms with E-state index in [0.29, 0.717) is 29.5 Å². The maximum Gasteiger partial charge on any atom is 0.263 e. The number of hydrogen-bond acceptors (Lipinski definition) is 5. The van der Waals surface area contributed by atoms with Crippen LogP contribution in [0, 0.1) is 13.8 Å². The molecule has 1 saturated heterocycles. The van der Waals surface area contributed by atoms with Gasteiger partial charge in [-0.3, -0.25) is 14.2 Å². The topological polar surface area (TPSA) is 55.2 Å². The van der Waals surface area contributed by atoms with Gasteiger partial charge in [-0.1, -0.05) is 11.8 Å². The molecular formula is C19H27N3O2S2. The molecule has 0 radical (unpaired) electrons. The van der Waals surface area contributed by atoms with Gasteiger partial charge in [0.2, 0.25) is 5.91 Å². The molecule has 7 heteroatoms. The number of carbonyl (C=O) groups excluding carboxylic acids is 1. The normalized spacial score (nSPS) is 20.7. The minimum absolute atomic E-state index is 0.00834. The van der Waals surface area contributed by atoms with E-state index in [2.05, 4.69) is 13.8 Å². The average Bonchev–Trinajstić information content (AvgIpc) is 2.87. The van der Waals surface area contributed by atoms with Gasteiger partial charge < -0.3 is 4.90 Å². The monoisotopic (exact) mass is 393 g/mol. The second-order valence-corrected chi connectivity index (χ2v) is 9.27. The molecule has 2 aromatic rings. The van der Waals surface area contributed by atoms with Crippen molar-refractivity contribution in [3.63, 3.8) is 0 Å². The van der Waals surface area contributed by atoms with Crippen LogP contribution in [0.25, 0.3) is 10.2 Å². The molecule has 26 heavy (non-hydrogen) atoms. The number of hydrogen-bond donors (Lipinski definition) is 0. The summed E-state index contributed by atoms with van der Waals surface area (Å²) in [5.41, 5.74) is 1.03. The number of aromatic nitrogens is 2. The van der Waals surface area contributed by atoms with Crippen molar-refractivity contribution in [1.29, 1.82) is 0 Å². The lowest BCUT2D eigenvalue weighted by Crippen LogP contribution is -2.48. The molecule has 1 aliphatic heterocycles. The Morgan fingerprint density at radius 2 is 1.92 bits per heavy atom. The summed E-state index contributed by atoms with van der Waals surface area (Å²) in [7, 11) is 0. The van der Waals surface area contributed by atoms with Crippen molar-refractivity contribution < 1.29 is 4.79 Å². The van der Waals surface area contributed by atoms with Crippen LogP contribution in [0.4, 0.5) is 0 Å². The number of carbonyl (C=O) groups is 1. The minimum atomic E-state index is 0.00834. The van der Waals surface area contributed by atoms with Crippen LogP contribution < -0.4 is 5.56 Å². The predicted molar refractivity (Wildman–Crippen MR) is 109 cm³/mol. The van der Waals surface area contributed by atoms with Gasteiger partial charge in [-0.15, -0.1) is 11.3 Å². The van der Waals surface area contributed by atoms with Gasteiger partial charge in [0, 0.05) is 23.5 Å². The van der Waals surface area contributed by atoms with Gasteiger partial charge in [0.25, 0.3) is 5.56 Å². The number of rotatable bonds is 4. The smallest absolute Gasteiger partial charge is 0.263 e. The first-order valence-electron chi connectivity index (χ1n) is 9.29. The third kappa shape index (κ3) is 3.43. The van der Waals surface area contributed by atoms with Crippen molar-refractivity contribution in [2.75, 3.05) is 5.75 Å². The first-order valence-corrected chi connectivity index (χ1v) is 11.1. The van der Waals surface area contributed by atoms with Crippen LogP contribution in [0.3, 0.4) is 0 Å². The second kappa shape index (κ2) is 7.72. The van der Waals surface area contributed by atoms with Crippen molar-refractivity contribution >= 4 is 39.2 Å². The molecule has 0 aliphatic carbocycles. The van der Waals surface area contributed by atoms with Crippen molar-refractivity contribution in [1.82, 2.24) is 14.5 Å². The summed E-state index contributed by atoms with van der Waals surface area (Å²) in [6.07, 6.45) is 3.32. The zero-order valence-electron chi connectivity index (χ0n) is 16.2. The maximum absolute atomic E-state index is 12.9. The Morgan fingerprint density at radius 1 is 1.27 bits per heavy atom. The fourth-order valence-electron chi connectivity index (χ4n) is 3.81. The van der Waals surface area contributed by atoms with Crippen molar-refractivity contribution in [3.05, 3.63) is 20.8 Å². The van der Waals surface area contributed by atoms with E-state index in [1.807, 2.05) is 25.7 Å². The molecule has 0 spiro atoms. The van der Waals surface area contributed by atoms with Gasteiger partial charge in [0.15, 0.2) is 5.16 Å². The lowest BCUT2D eigenvalue weighted by atomic mass is 9.98. The van der Waals surface area contributed by atoms with Crippen LogP contribution in [0.5, 0.6) is 0 Å². The van der Waals surface area contributed by atoms with Gasteiger partial charge in [-0.2, -0.15) is 0 Å². The fourth-order valence-corrected chi connectivity index (χ4v) is 5.81. The summed E-state index contributed by atoms with van der Waals surface area (Å²) < 4.78 is 1.70. The highest BCUT2D eigenvalue weighted by atomic mass is 32.2. The zero-order valence-corrected chi connectivity index (χ0v) is 17.8. The number of nitrogens with zero attached hydrogens (tertiary/aromatic N) is 3. The summed E-state index contributed by atoms with van der Waals surface area (Å²) in [6.45, 7) is 10.8. The van der Waals surface area contributed by atoms with Crippen LogP contribution >= 0.6 is 23.1 Å². The molecule has 2 aromatic heterocycles. The number of fused-ring (bicyclic) bond motifs is 1. The Hall–Kier alpha value is -1.34. The van der Waals surface area contributed by atoms with E-state index in [1.54, 1.807) is 15.9 Å². The van der Waals surface area contributed by atoms with E-state index in [-0.39, 0.29) is 11.5 Å². The van der Waals surface area contributed by atoms with E-state index >= 15 is 0 Å². The van der Waals surface area contributed by atoms with E-state index < -0.39 is 0 Å². The maximum atomic E-state index is 12.9. The first kappa shape index (κ1) is 19.4. The third-order valence-corrected chi connectivity index (χ3v) is 7.44. The Balaban J connectivity index is 1.87. The largest absolute Gasteiger partial charge is 0.337 e. The van der Waals surface area contributed by atoms with Crippen molar-refractivity contribution in [3.8, 4) is 0 Å². The Labute approximate surface area is 162 Å². The highest BCUT2D eigenvalue weighted by molar-refractivity contribution is 7.99. The molecule has 1 amide bonds. The molecular weight excluding hydrogens is 366 g/mol. The summed E-state index contributed by atoms with van der Waals surface area (Å²) in [4.78, 5) is 34.3. The molecule has 142 valence electrons. The molecule has 0 unspecified atom stereocenters. The molecule has 0 saturated carbocycles. The summed E-state index contributed by atoms with van der Waals surface area (Å²) in [6, 6.07) is 0.580. The highest BCUT2D eigenvalue weighted by Crippen LogP contribution is 2.29. The van der Waals surface area contributed by atoms with Gasteiger partial charge in [-0.05, 0) is 59.4 Å². The van der Waals surface area contributed by atoms with Crippen molar-refractivity contribution in [2.24, 2.45) is 0 Å². The Morgan fingerprint density at radius 3 is 2.54 bits per heavy atom. The van der Waals surface area contributed by atoms with Crippen molar-refractivity contribution in [2.45, 2.75) is 77.7 Å². The molecule has 0 aromatic carbocycles. The van der Waals surface area contributed by atoms with Crippen LogP contribution in [0.2, 0.25) is 0 Å². The van der Waals surface area contributed by atoms with Crippen LogP contribution in [-0.4, -0.2) is 38.2 Å². The van der Waals surface area contributed by atoms with E-state index in [0.717, 1.165) is 33.5 Å². The van der Waals surface area contributed by atoms with Crippen LogP contribution in [-0.2, 0) is 11.3 Å². The third-order valence-electron chi connectivity index (χ3n) is 5.38. The number of likely N-dealkylation sites (tertiary alicyclic amines) is 1. The molecule has 1 fully saturated rings. The average molecular weight is 394 g/mol. The Kier molecular flexibility index (Phi) is 5.77. The minimum Gasteiger partial charge on any atom is -0.337 e. The molecule has 0 N–H and O–H groups in total. The lowest BCUT2D eigenvalue weighted by molar-refractivity contribution is -0.134. The predicted octanol–water partition coefficient (Wildman–Crippen LogP) is 3.98. The number of thioether (sulfide) groups is 1. The van der Waals surface area contributed by atoms with E-state index in [9.17, 15) is 9.59 Å². The molecule has 0 bridgehead atoms. The Bertz CT molecular complexity index is 877. The van der Waals surface area contributed by atoms with Gasteiger partial charge in [0.1, 0.15) is 4.83 Å². The van der Waals surface area contributed by atoms with E-state index in [4.69, 9.17) is 4.98 Å².